The Hall–Kier alpha value is -0.450. The molecule has 0 aliphatic carbocycles. The van der Waals surface area contributed by atoms with Gasteiger partial charge in [-0.05, 0) is 62.8 Å². The van der Waals surface area contributed by atoms with Crippen molar-refractivity contribution in [2.24, 2.45) is 0 Å². The zero-order chi connectivity index (χ0) is 15.8. The Labute approximate surface area is 147 Å². The maximum atomic E-state index is 13.8. The van der Waals surface area contributed by atoms with Gasteiger partial charge in [0, 0.05) is 19.1 Å². The highest BCUT2D eigenvalue weighted by atomic mass is 127. The summed E-state index contributed by atoms with van der Waals surface area (Å²) in [5.41, 5.74) is 0.246. The van der Waals surface area contributed by atoms with Gasteiger partial charge in [-0.15, -0.1) is 0 Å². The Morgan fingerprint density at radius 3 is 2.43 bits per heavy atom. The molecule has 0 unspecified atom stereocenters. The Morgan fingerprint density at radius 1 is 1.19 bits per heavy atom. The summed E-state index contributed by atoms with van der Waals surface area (Å²) in [5, 5.41) is 0.441. The van der Waals surface area contributed by atoms with E-state index in [1.807, 2.05) is 22.6 Å². The monoisotopic (exact) mass is 507 g/mol. The zero-order valence-electron chi connectivity index (χ0n) is 10.0. The molecule has 0 aliphatic rings. The molecule has 2 aromatic carbocycles. The van der Waals surface area contributed by atoms with Crippen molar-refractivity contribution in [3.05, 3.63) is 55.0 Å². The summed E-state index contributed by atoms with van der Waals surface area (Å²) >= 11 is 10.5. The van der Waals surface area contributed by atoms with Crippen molar-refractivity contribution in [3.63, 3.8) is 0 Å². The molecule has 0 saturated carbocycles. The first-order chi connectivity index (χ1) is 9.70. The molecule has 0 aliphatic heterocycles. The smallest absolute Gasteiger partial charge is 0.265 e. The zero-order valence-corrected chi connectivity index (χ0v) is 15.3. The van der Waals surface area contributed by atoms with Crippen LogP contribution in [0.25, 0.3) is 0 Å². The lowest BCUT2D eigenvalue weighted by molar-refractivity contribution is 0.548. The van der Waals surface area contributed by atoms with Crippen LogP contribution in [0.5, 0.6) is 0 Å². The van der Waals surface area contributed by atoms with Crippen LogP contribution >= 0.6 is 50.1 Å². The molecule has 112 valence electrons. The molecule has 0 radical (unpaired) electrons. The second kappa shape index (κ2) is 6.35. The van der Waals surface area contributed by atoms with Crippen LogP contribution in [0.1, 0.15) is 0 Å². The van der Waals surface area contributed by atoms with E-state index in [4.69, 9.17) is 11.6 Å². The van der Waals surface area contributed by atoms with Gasteiger partial charge in [0.2, 0.25) is 0 Å². The quantitative estimate of drug-likeness (QED) is 0.607. The molecule has 1 N–H and O–H groups in total. The Balaban J connectivity index is 2.48. The standard InChI is InChI=1S/C12H6BrClF2INO2S/c13-8-4-7(15)5-9(16)12(8)21(19,20)18-11-2-1-6(14)3-10(11)17/h1-5,18H. The molecule has 0 bridgehead atoms. The van der Waals surface area contributed by atoms with Crippen LogP contribution in [-0.2, 0) is 10.0 Å². The van der Waals surface area contributed by atoms with Crippen molar-refractivity contribution in [1.82, 2.24) is 0 Å². The maximum absolute atomic E-state index is 13.8. The van der Waals surface area contributed by atoms with Gasteiger partial charge >= 0.3 is 0 Å². The Kier molecular flexibility index (Phi) is 5.11. The number of rotatable bonds is 3. The summed E-state index contributed by atoms with van der Waals surface area (Å²) in [4.78, 5) is -0.658. The normalized spacial score (nSPS) is 11.5. The number of nitrogens with one attached hydrogen (secondary N) is 1. The second-order valence-corrected chi connectivity index (χ2v) is 8.00. The van der Waals surface area contributed by atoms with Crippen LogP contribution in [0.2, 0.25) is 5.02 Å². The van der Waals surface area contributed by atoms with Crippen molar-refractivity contribution in [1.29, 1.82) is 0 Å². The van der Waals surface area contributed by atoms with Crippen molar-refractivity contribution in [2.75, 3.05) is 4.72 Å². The van der Waals surface area contributed by atoms with Gasteiger partial charge in [-0.2, -0.15) is 0 Å². The fraction of sp³-hybridized carbons (Fsp3) is 0. The molecule has 2 rings (SSSR count). The molecule has 0 atom stereocenters. The molecule has 0 heterocycles. The summed E-state index contributed by atoms with van der Waals surface area (Å²) < 4.78 is 53.9. The van der Waals surface area contributed by atoms with Crippen LogP contribution in [0.3, 0.4) is 0 Å². The van der Waals surface area contributed by atoms with E-state index in [0.717, 1.165) is 6.07 Å². The van der Waals surface area contributed by atoms with Gasteiger partial charge in [0.1, 0.15) is 16.5 Å². The van der Waals surface area contributed by atoms with E-state index in [1.54, 1.807) is 6.07 Å². The lowest BCUT2D eigenvalue weighted by Gasteiger charge is -2.12. The fourth-order valence-corrected chi connectivity index (χ4v) is 4.99. The summed E-state index contributed by atoms with van der Waals surface area (Å²) in [7, 11) is -4.21. The summed E-state index contributed by atoms with van der Waals surface area (Å²) in [6.07, 6.45) is 0. The first kappa shape index (κ1) is 16.9. The van der Waals surface area contributed by atoms with E-state index < -0.39 is 26.6 Å². The number of hydrogen-bond acceptors (Lipinski definition) is 2. The van der Waals surface area contributed by atoms with Gasteiger partial charge in [0.25, 0.3) is 10.0 Å². The molecular formula is C12H6BrClF2INO2S. The van der Waals surface area contributed by atoms with Gasteiger partial charge < -0.3 is 0 Å². The van der Waals surface area contributed by atoms with Crippen molar-refractivity contribution >= 4 is 65.8 Å². The minimum absolute atomic E-state index is 0.198. The minimum atomic E-state index is -4.21. The third-order valence-electron chi connectivity index (χ3n) is 2.41. The van der Waals surface area contributed by atoms with Crippen LogP contribution in [0.4, 0.5) is 14.5 Å². The van der Waals surface area contributed by atoms with Crippen LogP contribution in [0, 0.1) is 15.2 Å². The molecular weight excluding hydrogens is 502 g/mol. The van der Waals surface area contributed by atoms with Crippen molar-refractivity contribution in [3.8, 4) is 0 Å². The van der Waals surface area contributed by atoms with E-state index in [1.165, 1.54) is 12.1 Å². The van der Waals surface area contributed by atoms with Crippen LogP contribution in [0.15, 0.2) is 39.7 Å². The number of sulfonamides is 1. The molecule has 0 spiro atoms. The summed E-state index contributed by atoms with van der Waals surface area (Å²) in [6.45, 7) is 0. The molecule has 2 aromatic rings. The lowest BCUT2D eigenvalue weighted by atomic mass is 10.3. The van der Waals surface area contributed by atoms with E-state index in [-0.39, 0.29) is 10.2 Å². The number of benzene rings is 2. The van der Waals surface area contributed by atoms with E-state index in [2.05, 4.69) is 20.7 Å². The topological polar surface area (TPSA) is 46.2 Å². The van der Waals surface area contributed by atoms with E-state index in [0.29, 0.717) is 14.7 Å². The average molecular weight is 509 g/mol. The number of anilines is 1. The van der Waals surface area contributed by atoms with Crippen molar-refractivity contribution in [2.45, 2.75) is 4.90 Å². The lowest BCUT2D eigenvalue weighted by Crippen LogP contribution is -2.16. The van der Waals surface area contributed by atoms with Crippen LogP contribution in [-0.4, -0.2) is 8.42 Å². The largest absolute Gasteiger partial charge is 0.278 e. The van der Waals surface area contributed by atoms with Gasteiger partial charge in [-0.1, -0.05) is 11.6 Å². The Morgan fingerprint density at radius 2 is 1.86 bits per heavy atom. The summed E-state index contributed by atoms with van der Waals surface area (Å²) in [6, 6.07) is 5.89. The highest BCUT2D eigenvalue weighted by Gasteiger charge is 2.24. The SMILES string of the molecule is O=S(=O)(Nc1ccc(Cl)cc1I)c1c(F)cc(F)cc1Br. The third kappa shape index (κ3) is 3.85. The van der Waals surface area contributed by atoms with Gasteiger partial charge in [-0.3, -0.25) is 4.72 Å². The molecule has 0 amide bonds. The predicted octanol–water partition coefficient (Wildman–Crippen LogP) is 4.79. The van der Waals surface area contributed by atoms with Crippen molar-refractivity contribution < 1.29 is 17.2 Å². The van der Waals surface area contributed by atoms with Gasteiger partial charge in [0.15, 0.2) is 0 Å². The molecule has 0 saturated heterocycles. The average Bonchev–Trinajstić information content (AvgIpc) is 2.30. The number of hydrogen-bond donors (Lipinski definition) is 1. The third-order valence-corrected chi connectivity index (χ3v) is 5.86. The predicted molar refractivity (Wildman–Crippen MR) is 89.0 cm³/mol. The van der Waals surface area contributed by atoms with Gasteiger partial charge in [0.05, 0.1) is 5.69 Å². The fourth-order valence-electron chi connectivity index (χ4n) is 1.55. The number of halogens is 5. The Bertz CT molecular complexity index is 794. The highest BCUT2D eigenvalue weighted by Crippen LogP contribution is 2.30. The highest BCUT2D eigenvalue weighted by molar-refractivity contribution is 14.1. The minimum Gasteiger partial charge on any atom is -0.278 e. The second-order valence-electron chi connectivity index (χ2n) is 3.93. The first-order valence-corrected chi connectivity index (χ1v) is 9.06. The first-order valence-electron chi connectivity index (χ1n) is 5.33. The molecule has 3 nitrogen and oxygen atoms in total. The van der Waals surface area contributed by atoms with Gasteiger partial charge in [-0.25, -0.2) is 17.2 Å². The van der Waals surface area contributed by atoms with Crippen LogP contribution < -0.4 is 4.72 Å². The summed E-state index contributed by atoms with van der Waals surface area (Å²) in [5.74, 6) is -2.06. The van der Waals surface area contributed by atoms with E-state index in [9.17, 15) is 17.2 Å². The molecule has 0 fully saturated rings. The molecule has 21 heavy (non-hydrogen) atoms. The van der Waals surface area contributed by atoms with E-state index >= 15 is 0 Å². The maximum Gasteiger partial charge on any atom is 0.265 e. The molecule has 0 aromatic heterocycles. The molecule has 9 heteroatoms.